The Morgan fingerprint density at radius 2 is 2.47 bits per heavy atom. The Bertz CT molecular complexity index is 394. The van der Waals surface area contributed by atoms with Gasteiger partial charge in [0.2, 0.25) is 5.16 Å². The lowest BCUT2D eigenvalue weighted by Crippen LogP contribution is -2.00. The van der Waals surface area contributed by atoms with Crippen molar-refractivity contribution in [2.45, 2.75) is 18.6 Å². The Morgan fingerprint density at radius 3 is 3.07 bits per heavy atom. The van der Waals surface area contributed by atoms with Crippen LogP contribution in [-0.2, 0) is 6.54 Å². The minimum Gasteiger partial charge on any atom is -0.396 e. The number of rotatable bonds is 4. The summed E-state index contributed by atoms with van der Waals surface area (Å²) in [6.07, 6.45) is 3.45. The molecule has 6 nitrogen and oxygen atoms in total. The number of hydrogen-bond acceptors (Lipinski definition) is 5. The second kappa shape index (κ2) is 4.35. The molecular formula is C8H12N6S. The van der Waals surface area contributed by atoms with Crippen molar-refractivity contribution in [2.75, 3.05) is 11.5 Å². The lowest BCUT2D eigenvalue weighted by Gasteiger charge is -1.97. The third kappa shape index (κ3) is 2.72. The number of nitrogens with zero attached hydrogens (tertiary/aromatic N) is 4. The van der Waals surface area contributed by atoms with Crippen molar-refractivity contribution < 1.29 is 0 Å². The molecular weight excluding hydrogens is 212 g/mol. The third-order valence-corrected chi connectivity index (χ3v) is 2.61. The molecule has 80 valence electrons. The van der Waals surface area contributed by atoms with Crippen molar-refractivity contribution in [3.8, 4) is 0 Å². The second-order valence-corrected chi connectivity index (χ2v) is 4.15. The summed E-state index contributed by atoms with van der Waals surface area (Å²) in [7, 11) is 0. The highest BCUT2D eigenvalue weighted by atomic mass is 32.2. The van der Waals surface area contributed by atoms with Crippen molar-refractivity contribution in [3.05, 3.63) is 18.2 Å². The van der Waals surface area contributed by atoms with Crippen LogP contribution in [0, 0.1) is 6.92 Å². The number of anilines is 1. The maximum atomic E-state index is 5.54. The highest BCUT2D eigenvalue weighted by Gasteiger charge is 2.00. The molecule has 0 saturated carbocycles. The highest BCUT2D eigenvalue weighted by Crippen LogP contribution is 2.12. The van der Waals surface area contributed by atoms with Crippen LogP contribution in [0.1, 0.15) is 5.82 Å². The van der Waals surface area contributed by atoms with E-state index in [1.165, 1.54) is 0 Å². The fourth-order valence-electron chi connectivity index (χ4n) is 1.12. The van der Waals surface area contributed by atoms with Gasteiger partial charge in [0.15, 0.2) is 0 Å². The summed E-state index contributed by atoms with van der Waals surface area (Å²) < 4.78 is 1.81. The van der Waals surface area contributed by atoms with Crippen molar-refractivity contribution in [1.82, 2.24) is 25.0 Å². The predicted molar refractivity (Wildman–Crippen MR) is 58.5 cm³/mol. The number of hydrogen-bond donors (Lipinski definition) is 2. The summed E-state index contributed by atoms with van der Waals surface area (Å²) in [4.78, 5) is 4.19. The molecule has 0 aromatic carbocycles. The van der Waals surface area contributed by atoms with Gasteiger partial charge in [-0.05, 0) is 6.92 Å². The second-order valence-electron chi connectivity index (χ2n) is 3.09. The Balaban J connectivity index is 1.80. The van der Waals surface area contributed by atoms with E-state index in [4.69, 9.17) is 5.73 Å². The molecule has 0 unspecified atom stereocenters. The number of aromatic amines is 1. The van der Waals surface area contributed by atoms with Gasteiger partial charge in [0.05, 0.1) is 18.4 Å². The molecule has 0 aliphatic rings. The molecule has 0 aliphatic carbocycles. The first kappa shape index (κ1) is 10.0. The van der Waals surface area contributed by atoms with E-state index in [0.717, 1.165) is 23.3 Å². The van der Waals surface area contributed by atoms with Gasteiger partial charge in [-0.2, -0.15) is 5.10 Å². The maximum Gasteiger partial charge on any atom is 0.208 e. The largest absolute Gasteiger partial charge is 0.396 e. The molecule has 0 radical (unpaired) electrons. The van der Waals surface area contributed by atoms with Gasteiger partial charge in [0, 0.05) is 11.9 Å². The molecule has 0 atom stereocenters. The molecule has 2 aromatic heterocycles. The number of aryl methyl sites for hydroxylation is 2. The lowest BCUT2D eigenvalue weighted by molar-refractivity contribution is 0.666. The molecule has 0 fully saturated rings. The number of nitrogens with one attached hydrogen (secondary N) is 1. The Morgan fingerprint density at radius 1 is 1.60 bits per heavy atom. The summed E-state index contributed by atoms with van der Waals surface area (Å²) in [6.45, 7) is 2.68. The van der Waals surface area contributed by atoms with Crippen LogP contribution in [-0.4, -0.2) is 30.7 Å². The van der Waals surface area contributed by atoms with Crippen LogP contribution in [0.4, 0.5) is 5.69 Å². The fourth-order valence-corrected chi connectivity index (χ4v) is 1.89. The van der Waals surface area contributed by atoms with Crippen molar-refractivity contribution in [2.24, 2.45) is 0 Å². The molecule has 2 rings (SSSR count). The molecule has 0 bridgehead atoms. The van der Waals surface area contributed by atoms with Gasteiger partial charge in [0.25, 0.3) is 0 Å². The molecule has 3 N–H and O–H groups in total. The quantitative estimate of drug-likeness (QED) is 0.746. The third-order valence-electron chi connectivity index (χ3n) is 1.78. The smallest absolute Gasteiger partial charge is 0.208 e. The van der Waals surface area contributed by atoms with E-state index in [1.54, 1.807) is 18.0 Å². The molecule has 2 heterocycles. The van der Waals surface area contributed by atoms with Crippen molar-refractivity contribution in [1.29, 1.82) is 0 Å². The number of thioether (sulfide) groups is 1. The van der Waals surface area contributed by atoms with Crippen molar-refractivity contribution in [3.63, 3.8) is 0 Å². The monoisotopic (exact) mass is 224 g/mol. The van der Waals surface area contributed by atoms with E-state index in [1.807, 2.05) is 17.8 Å². The molecule has 0 spiro atoms. The first-order valence-corrected chi connectivity index (χ1v) is 5.52. The number of nitrogens with two attached hydrogens (primary N) is 1. The Kier molecular flexibility index (Phi) is 2.91. The number of nitrogen functional groups attached to an aromatic ring is 1. The average Bonchev–Trinajstić information content (AvgIpc) is 2.76. The molecule has 0 saturated heterocycles. The lowest BCUT2D eigenvalue weighted by atomic mass is 10.6. The Hall–Kier alpha value is -1.50. The zero-order valence-electron chi connectivity index (χ0n) is 8.34. The first-order chi connectivity index (χ1) is 7.24. The number of H-pyrrole nitrogens is 1. The molecule has 15 heavy (non-hydrogen) atoms. The van der Waals surface area contributed by atoms with Crippen LogP contribution in [0.2, 0.25) is 0 Å². The van der Waals surface area contributed by atoms with Crippen molar-refractivity contribution >= 4 is 17.4 Å². The van der Waals surface area contributed by atoms with Gasteiger partial charge in [-0.25, -0.2) is 4.98 Å². The zero-order valence-corrected chi connectivity index (χ0v) is 9.16. The summed E-state index contributed by atoms with van der Waals surface area (Å²) >= 11 is 1.59. The van der Waals surface area contributed by atoms with Gasteiger partial charge < -0.3 is 5.73 Å². The minimum atomic E-state index is 0.689. The van der Waals surface area contributed by atoms with Crippen LogP contribution < -0.4 is 5.73 Å². The number of aromatic nitrogens is 5. The van der Waals surface area contributed by atoms with Gasteiger partial charge in [-0.1, -0.05) is 11.8 Å². The van der Waals surface area contributed by atoms with Gasteiger partial charge in [0.1, 0.15) is 5.82 Å². The Labute approximate surface area is 91.3 Å². The predicted octanol–water partition coefficient (Wildman–Crippen LogP) is 0.684. The van der Waals surface area contributed by atoms with Crippen LogP contribution in [0.5, 0.6) is 0 Å². The standard InChI is InChI=1S/C8H12N6S/c1-6-11-8(13-12-6)15-3-2-14-5-7(9)4-10-14/h4-5H,2-3,9H2,1H3,(H,11,12,13). The van der Waals surface area contributed by atoms with Crippen LogP contribution >= 0.6 is 11.8 Å². The van der Waals surface area contributed by atoms with Gasteiger partial charge in [-0.3, -0.25) is 9.78 Å². The SMILES string of the molecule is Cc1nc(SCCn2cc(N)cn2)n[nH]1. The fraction of sp³-hybridized carbons (Fsp3) is 0.375. The zero-order chi connectivity index (χ0) is 10.7. The normalized spacial score (nSPS) is 10.7. The maximum absolute atomic E-state index is 5.54. The van der Waals surface area contributed by atoms with Crippen LogP contribution in [0.3, 0.4) is 0 Å². The van der Waals surface area contributed by atoms with Crippen LogP contribution in [0.25, 0.3) is 0 Å². The molecule has 7 heteroatoms. The highest BCUT2D eigenvalue weighted by molar-refractivity contribution is 7.99. The molecule has 0 amide bonds. The average molecular weight is 224 g/mol. The van der Waals surface area contributed by atoms with E-state index in [-0.39, 0.29) is 0 Å². The topological polar surface area (TPSA) is 85.4 Å². The van der Waals surface area contributed by atoms with E-state index in [2.05, 4.69) is 20.3 Å². The van der Waals surface area contributed by atoms with Gasteiger partial charge >= 0.3 is 0 Å². The van der Waals surface area contributed by atoms with Gasteiger partial charge in [-0.15, -0.1) is 5.10 Å². The minimum absolute atomic E-state index is 0.689. The van der Waals surface area contributed by atoms with E-state index < -0.39 is 0 Å². The van der Waals surface area contributed by atoms with E-state index >= 15 is 0 Å². The summed E-state index contributed by atoms with van der Waals surface area (Å²) in [5.74, 6) is 1.71. The van der Waals surface area contributed by atoms with Crippen LogP contribution in [0.15, 0.2) is 17.6 Å². The first-order valence-electron chi connectivity index (χ1n) is 4.54. The summed E-state index contributed by atoms with van der Waals surface area (Å²) in [5.41, 5.74) is 6.23. The van der Waals surface area contributed by atoms with E-state index in [9.17, 15) is 0 Å². The van der Waals surface area contributed by atoms with E-state index in [0.29, 0.717) is 5.69 Å². The molecule has 2 aromatic rings. The summed E-state index contributed by atoms with van der Waals surface area (Å²) in [6, 6.07) is 0. The summed E-state index contributed by atoms with van der Waals surface area (Å²) in [5, 5.41) is 11.7. The molecule has 0 aliphatic heterocycles.